The topological polar surface area (TPSA) is 17.1 Å². The molecule has 0 radical (unpaired) electrons. The standard InChI is InChI=1S/C18H18O/c1-12-8-13(2)10-16(9-12)15-7-6-14-4-3-5-18(19)17(14)11-15/h6-11H,3-5H2,1-2H3. The van der Waals surface area contributed by atoms with E-state index in [1.54, 1.807) is 0 Å². The number of ketones is 1. The molecule has 0 saturated carbocycles. The first-order valence-corrected chi connectivity index (χ1v) is 6.88. The van der Waals surface area contributed by atoms with Crippen molar-refractivity contribution in [2.24, 2.45) is 0 Å². The second kappa shape index (κ2) is 4.65. The zero-order valence-corrected chi connectivity index (χ0v) is 11.5. The van der Waals surface area contributed by atoms with Gasteiger partial charge in [0.2, 0.25) is 0 Å². The van der Waals surface area contributed by atoms with E-state index in [9.17, 15) is 4.79 Å². The van der Waals surface area contributed by atoms with Crippen LogP contribution in [-0.4, -0.2) is 5.78 Å². The molecule has 0 unspecified atom stereocenters. The molecule has 0 bridgehead atoms. The van der Waals surface area contributed by atoms with Crippen LogP contribution in [-0.2, 0) is 6.42 Å². The summed E-state index contributed by atoms with van der Waals surface area (Å²) in [7, 11) is 0. The predicted molar refractivity (Wildman–Crippen MR) is 78.6 cm³/mol. The molecule has 1 nitrogen and oxygen atoms in total. The molecule has 1 aliphatic rings. The number of hydrogen-bond donors (Lipinski definition) is 0. The van der Waals surface area contributed by atoms with Crippen LogP contribution < -0.4 is 0 Å². The maximum atomic E-state index is 12.0. The maximum absolute atomic E-state index is 12.0. The normalized spacial score (nSPS) is 14.3. The van der Waals surface area contributed by atoms with Gasteiger partial charge in [-0.25, -0.2) is 0 Å². The van der Waals surface area contributed by atoms with Crippen LogP contribution in [0.3, 0.4) is 0 Å². The van der Waals surface area contributed by atoms with Crippen LogP contribution in [0, 0.1) is 13.8 Å². The Hall–Kier alpha value is -1.89. The summed E-state index contributed by atoms with van der Waals surface area (Å²) >= 11 is 0. The molecular weight excluding hydrogens is 232 g/mol. The third-order valence-corrected chi connectivity index (χ3v) is 3.82. The number of hydrogen-bond acceptors (Lipinski definition) is 1. The molecule has 1 heteroatoms. The summed E-state index contributed by atoms with van der Waals surface area (Å²) in [6.07, 6.45) is 2.73. The number of carbonyl (C=O) groups is 1. The Labute approximate surface area is 114 Å². The van der Waals surface area contributed by atoms with Crippen molar-refractivity contribution in [1.82, 2.24) is 0 Å². The third kappa shape index (κ3) is 2.33. The lowest BCUT2D eigenvalue weighted by Gasteiger charge is -2.16. The zero-order valence-electron chi connectivity index (χ0n) is 11.5. The molecule has 2 aromatic rings. The minimum absolute atomic E-state index is 0.299. The van der Waals surface area contributed by atoms with Crippen LogP contribution in [0.25, 0.3) is 11.1 Å². The van der Waals surface area contributed by atoms with Crippen LogP contribution in [0.5, 0.6) is 0 Å². The highest BCUT2D eigenvalue weighted by atomic mass is 16.1. The van der Waals surface area contributed by atoms with Crippen molar-refractivity contribution in [3.05, 3.63) is 58.7 Å². The largest absolute Gasteiger partial charge is 0.294 e. The van der Waals surface area contributed by atoms with Gasteiger partial charge in [-0.05, 0) is 49.4 Å². The SMILES string of the molecule is Cc1cc(C)cc(-c2ccc3c(c2)C(=O)CCC3)c1. The molecule has 0 fully saturated rings. The zero-order chi connectivity index (χ0) is 13.4. The highest BCUT2D eigenvalue weighted by Crippen LogP contribution is 2.28. The summed E-state index contributed by atoms with van der Waals surface area (Å²) in [5.41, 5.74) is 7.03. The molecular formula is C18H18O. The molecule has 96 valence electrons. The van der Waals surface area contributed by atoms with Gasteiger partial charge in [0.15, 0.2) is 5.78 Å². The Bertz CT molecular complexity index is 632. The second-order valence-corrected chi connectivity index (χ2v) is 5.53. The van der Waals surface area contributed by atoms with Gasteiger partial charge < -0.3 is 0 Å². The van der Waals surface area contributed by atoms with Gasteiger partial charge in [-0.1, -0.05) is 41.5 Å². The van der Waals surface area contributed by atoms with Gasteiger partial charge in [0.25, 0.3) is 0 Å². The van der Waals surface area contributed by atoms with E-state index in [4.69, 9.17) is 0 Å². The number of benzene rings is 2. The summed E-state index contributed by atoms with van der Waals surface area (Å²) in [5, 5.41) is 0. The molecule has 19 heavy (non-hydrogen) atoms. The molecule has 0 heterocycles. The van der Waals surface area contributed by atoms with Crippen molar-refractivity contribution in [1.29, 1.82) is 0 Å². The van der Waals surface area contributed by atoms with E-state index < -0.39 is 0 Å². The van der Waals surface area contributed by atoms with Crippen LogP contribution in [0.15, 0.2) is 36.4 Å². The first-order valence-electron chi connectivity index (χ1n) is 6.88. The van der Waals surface area contributed by atoms with E-state index >= 15 is 0 Å². The van der Waals surface area contributed by atoms with E-state index in [0.717, 1.165) is 24.0 Å². The molecule has 0 spiro atoms. The first kappa shape index (κ1) is 12.2. The average molecular weight is 250 g/mol. The number of Topliss-reactive ketones (excluding diaryl/α,β-unsaturated/α-hetero) is 1. The summed E-state index contributed by atoms with van der Waals surface area (Å²) in [5.74, 6) is 0.299. The maximum Gasteiger partial charge on any atom is 0.163 e. The number of fused-ring (bicyclic) bond motifs is 1. The van der Waals surface area contributed by atoms with E-state index in [2.05, 4.69) is 50.2 Å². The van der Waals surface area contributed by atoms with Gasteiger partial charge in [0, 0.05) is 12.0 Å². The molecule has 0 saturated heterocycles. The Kier molecular flexibility index (Phi) is 2.98. The number of rotatable bonds is 1. The van der Waals surface area contributed by atoms with Crippen molar-refractivity contribution >= 4 is 5.78 Å². The summed E-state index contributed by atoms with van der Waals surface area (Å²) in [6, 6.07) is 12.9. The lowest BCUT2D eigenvalue weighted by atomic mass is 9.88. The molecule has 2 aromatic carbocycles. The Morgan fingerprint density at radius 1 is 0.842 bits per heavy atom. The lowest BCUT2D eigenvalue weighted by Crippen LogP contribution is -2.10. The van der Waals surface area contributed by atoms with Gasteiger partial charge in [0.1, 0.15) is 0 Å². The number of aryl methyl sites for hydroxylation is 3. The van der Waals surface area contributed by atoms with Crippen molar-refractivity contribution in [2.45, 2.75) is 33.1 Å². The summed E-state index contributed by atoms with van der Waals surface area (Å²) < 4.78 is 0. The molecule has 0 atom stereocenters. The van der Waals surface area contributed by atoms with Gasteiger partial charge in [-0.15, -0.1) is 0 Å². The van der Waals surface area contributed by atoms with Crippen molar-refractivity contribution in [2.75, 3.05) is 0 Å². The molecule has 0 aromatic heterocycles. The molecule has 0 aliphatic heterocycles. The summed E-state index contributed by atoms with van der Waals surface area (Å²) in [6.45, 7) is 4.22. The van der Waals surface area contributed by atoms with E-state index in [0.29, 0.717) is 12.2 Å². The molecule has 1 aliphatic carbocycles. The first-order chi connectivity index (χ1) is 9.13. The summed E-state index contributed by atoms with van der Waals surface area (Å²) in [4.78, 5) is 12.0. The predicted octanol–water partition coefficient (Wildman–Crippen LogP) is 4.49. The van der Waals surface area contributed by atoms with E-state index in [1.165, 1.54) is 22.3 Å². The smallest absolute Gasteiger partial charge is 0.163 e. The van der Waals surface area contributed by atoms with E-state index in [-0.39, 0.29) is 0 Å². The van der Waals surface area contributed by atoms with Gasteiger partial charge in [0.05, 0.1) is 0 Å². The quantitative estimate of drug-likeness (QED) is 0.728. The fourth-order valence-corrected chi connectivity index (χ4v) is 2.95. The highest BCUT2D eigenvalue weighted by molar-refractivity contribution is 5.99. The highest BCUT2D eigenvalue weighted by Gasteiger charge is 2.17. The average Bonchev–Trinajstić information content (AvgIpc) is 2.38. The van der Waals surface area contributed by atoms with Crippen LogP contribution in [0.4, 0.5) is 0 Å². The minimum atomic E-state index is 0.299. The van der Waals surface area contributed by atoms with Crippen molar-refractivity contribution in [3.63, 3.8) is 0 Å². The van der Waals surface area contributed by atoms with Crippen molar-refractivity contribution < 1.29 is 4.79 Å². The van der Waals surface area contributed by atoms with Crippen molar-refractivity contribution in [3.8, 4) is 11.1 Å². The van der Waals surface area contributed by atoms with Crippen LogP contribution in [0.2, 0.25) is 0 Å². The Balaban J connectivity index is 2.11. The Morgan fingerprint density at radius 2 is 1.58 bits per heavy atom. The van der Waals surface area contributed by atoms with Gasteiger partial charge >= 0.3 is 0 Å². The minimum Gasteiger partial charge on any atom is -0.294 e. The monoisotopic (exact) mass is 250 g/mol. The Morgan fingerprint density at radius 3 is 2.32 bits per heavy atom. The third-order valence-electron chi connectivity index (χ3n) is 3.82. The van der Waals surface area contributed by atoms with E-state index in [1.807, 2.05) is 0 Å². The van der Waals surface area contributed by atoms with Gasteiger partial charge in [-0.3, -0.25) is 4.79 Å². The van der Waals surface area contributed by atoms with Crippen LogP contribution >= 0.6 is 0 Å². The molecule has 0 N–H and O–H groups in total. The molecule has 3 rings (SSSR count). The molecule has 0 amide bonds. The second-order valence-electron chi connectivity index (χ2n) is 5.53. The number of carbonyl (C=O) groups excluding carboxylic acids is 1. The van der Waals surface area contributed by atoms with Gasteiger partial charge in [-0.2, -0.15) is 0 Å². The lowest BCUT2D eigenvalue weighted by molar-refractivity contribution is 0.0972. The fourth-order valence-electron chi connectivity index (χ4n) is 2.95. The van der Waals surface area contributed by atoms with Crippen LogP contribution in [0.1, 0.15) is 39.9 Å². The fraction of sp³-hybridized carbons (Fsp3) is 0.278.